The second-order valence-electron chi connectivity index (χ2n) is 1.18. The molecule has 0 radical (unpaired) electrons. The summed E-state index contributed by atoms with van der Waals surface area (Å²) in [5.74, 6) is -0.315. The molecule has 0 bridgehead atoms. The molecular formula is C4H8O3S. The molecule has 0 aliphatic carbocycles. The number of hydrogen-bond donors (Lipinski definition) is 2. The van der Waals surface area contributed by atoms with Gasteiger partial charge in [0.25, 0.3) is 0 Å². The zero-order valence-electron chi connectivity index (χ0n) is 4.33. The molecule has 3 nitrogen and oxygen atoms in total. The fourth-order valence-electron chi connectivity index (χ4n) is 0.224. The van der Waals surface area contributed by atoms with Gasteiger partial charge in [0.05, 0.1) is 12.4 Å². The van der Waals surface area contributed by atoms with Gasteiger partial charge in [-0.25, -0.2) is 0 Å². The Morgan fingerprint density at radius 2 is 2.25 bits per heavy atom. The summed E-state index contributed by atoms with van der Waals surface area (Å²) in [6.07, 6.45) is 0.130. The van der Waals surface area contributed by atoms with Gasteiger partial charge < -0.3 is 10.2 Å². The summed E-state index contributed by atoms with van der Waals surface area (Å²) >= 11 is 1.21. The van der Waals surface area contributed by atoms with Crippen molar-refractivity contribution in [1.82, 2.24) is 0 Å². The summed E-state index contributed by atoms with van der Waals surface area (Å²) in [7, 11) is 0. The van der Waals surface area contributed by atoms with Gasteiger partial charge in [-0.05, 0) is 0 Å². The highest BCUT2D eigenvalue weighted by molar-refractivity contribution is 7.99. The molecule has 0 atom stereocenters. The number of aliphatic hydroxyl groups excluding tert-OH is 1. The Bertz CT molecular complexity index is 73.7. The molecule has 0 saturated carbocycles. The highest BCUT2D eigenvalue weighted by Gasteiger charge is 1.93. The molecule has 0 fully saturated rings. The van der Waals surface area contributed by atoms with Gasteiger partial charge in [0.1, 0.15) is 0 Å². The van der Waals surface area contributed by atoms with Crippen LogP contribution in [0.25, 0.3) is 0 Å². The molecule has 0 amide bonds. The van der Waals surface area contributed by atoms with Crippen LogP contribution in [0.1, 0.15) is 6.42 Å². The molecule has 2 N–H and O–H groups in total. The van der Waals surface area contributed by atoms with Gasteiger partial charge in [0, 0.05) is 5.75 Å². The summed E-state index contributed by atoms with van der Waals surface area (Å²) in [4.78, 5) is 9.78. The highest BCUT2D eigenvalue weighted by Crippen LogP contribution is 1.98. The monoisotopic (exact) mass is 136 g/mol. The average molecular weight is 136 g/mol. The predicted octanol–water partition coefficient (Wildman–Crippen LogP) is 0.144. The van der Waals surface area contributed by atoms with Crippen LogP contribution in [-0.2, 0) is 4.79 Å². The van der Waals surface area contributed by atoms with Crippen molar-refractivity contribution < 1.29 is 15.0 Å². The summed E-state index contributed by atoms with van der Waals surface area (Å²) in [5, 5.41) is 16.2. The largest absolute Gasteiger partial charge is 0.481 e. The van der Waals surface area contributed by atoms with E-state index in [1.807, 2.05) is 0 Å². The summed E-state index contributed by atoms with van der Waals surface area (Å²) < 4.78 is 0. The SMILES string of the molecule is O=C(O)CCSCO. The molecule has 0 aliphatic heterocycles. The zero-order chi connectivity index (χ0) is 6.41. The first-order valence-corrected chi connectivity index (χ1v) is 3.33. The van der Waals surface area contributed by atoms with Crippen LogP contribution >= 0.6 is 11.8 Å². The lowest BCUT2D eigenvalue weighted by Crippen LogP contribution is -1.95. The van der Waals surface area contributed by atoms with Crippen LogP contribution in [0, 0.1) is 0 Å². The van der Waals surface area contributed by atoms with Crippen LogP contribution in [0.5, 0.6) is 0 Å². The fraction of sp³-hybridized carbons (Fsp3) is 0.750. The van der Waals surface area contributed by atoms with E-state index in [1.54, 1.807) is 0 Å². The molecule has 0 aromatic heterocycles. The maximum atomic E-state index is 9.78. The van der Waals surface area contributed by atoms with E-state index < -0.39 is 5.97 Å². The number of carbonyl (C=O) groups is 1. The third-order valence-corrected chi connectivity index (χ3v) is 1.23. The molecule has 0 unspecified atom stereocenters. The number of hydrogen-bond acceptors (Lipinski definition) is 3. The van der Waals surface area contributed by atoms with Crippen LogP contribution in [0.3, 0.4) is 0 Å². The first kappa shape index (κ1) is 7.78. The molecular weight excluding hydrogens is 128 g/mol. The maximum absolute atomic E-state index is 9.78. The number of rotatable bonds is 4. The Kier molecular flexibility index (Phi) is 4.79. The smallest absolute Gasteiger partial charge is 0.304 e. The van der Waals surface area contributed by atoms with Gasteiger partial charge >= 0.3 is 5.97 Å². The van der Waals surface area contributed by atoms with Crippen molar-refractivity contribution in [3.63, 3.8) is 0 Å². The van der Waals surface area contributed by atoms with Crippen molar-refractivity contribution in [2.75, 3.05) is 11.7 Å². The van der Waals surface area contributed by atoms with Crippen LogP contribution in [0.15, 0.2) is 0 Å². The number of carboxylic acid groups (broad SMARTS) is 1. The number of aliphatic carboxylic acids is 1. The average Bonchev–Trinajstić information content (AvgIpc) is 1.66. The van der Waals surface area contributed by atoms with Crippen LogP contribution in [0.4, 0.5) is 0 Å². The number of thioether (sulfide) groups is 1. The Morgan fingerprint density at radius 1 is 1.62 bits per heavy atom. The van der Waals surface area contributed by atoms with Gasteiger partial charge in [0.15, 0.2) is 0 Å². The van der Waals surface area contributed by atoms with Crippen molar-refractivity contribution in [2.24, 2.45) is 0 Å². The van der Waals surface area contributed by atoms with Crippen molar-refractivity contribution >= 4 is 17.7 Å². The first-order valence-electron chi connectivity index (χ1n) is 2.17. The molecule has 0 aromatic rings. The summed E-state index contributed by atoms with van der Waals surface area (Å²) in [6.45, 7) is 0. The van der Waals surface area contributed by atoms with E-state index in [1.165, 1.54) is 11.8 Å². The van der Waals surface area contributed by atoms with Crippen molar-refractivity contribution in [3.05, 3.63) is 0 Å². The van der Waals surface area contributed by atoms with E-state index >= 15 is 0 Å². The maximum Gasteiger partial charge on any atom is 0.304 e. The van der Waals surface area contributed by atoms with Crippen molar-refractivity contribution in [1.29, 1.82) is 0 Å². The lowest BCUT2D eigenvalue weighted by atomic mass is 10.5. The first-order chi connectivity index (χ1) is 3.77. The van der Waals surface area contributed by atoms with Crippen LogP contribution < -0.4 is 0 Å². The zero-order valence-corrected chi connectivity index (χ0v) is 5.15. The van der Waals surface area contributed by atoms with Gasteiger partial charge in [-0.2, -0.15) is 0 Å². The van der Waals surface area contributed by atoms with Gasteiger partial charge in [-0.15, -0.1) is 11.8 Å². The molecule has 0 aromatic carbocycles. The third kappa shape index (κ3) is 5.78. The normalized spacial score (nSPS) is 9.12. The van der Waals surface area contributed by atoms with E-state index in [0.29, 0.717) is 5.75 Å². The van der Waals surface area contributed by atoms with Crippen LogP contribution in [0.2, 0.25) is 0 Å². The number of carboxylic acids is 1. The minimum atomic E-state index is -0.814. The minimum Gasteiger partial charge on any atom is -0.481 e. The van der Waals surface area contributed by atoms with Gasteiger partial charge in [0.2, 0.25) is 0 Å². The minimum absolute atomic E-state index is 0.00722. The van der Waals surface area contributed by atoms with Crippen molar-refractivity contribution in [3.8, 4) is 0 Å². The van der Waals surface area contributed by atoms with E-state index in [2.05, 4.69) is 0 Å². The van der Waals surface area contributed by atoms with E-state index in [0.717, 1.165) is 0 Å². The van der Waals surface area contributed by atoms with E-state index in [-0.39, 0.29) is 12.4 Å². The fourth-order valence-corrected chi connectivity index (χ4v) is 0.672. The topological polar surface area (TPSA) is 57.5 Å². The summed E-state index contributed by atoms with van der Waals surface area (Å²) in [5.41, 5.74) is 0. The second-order valence-corrected chi connectivity index (χ2v) is 2.26. The predicted molar refractivity (Wildman–Crippen MR) is 31.8 cm³/mol. The third-order valence-electron chi connectivity index (χ3n) is 0.552. The van der Waals surface area contributed by atoms with Crippen LogP contribution in [-0.4, -0.2) is 27.9 Å². The number of aliphatic hydroxyl groups is 1. The Morgan fingerprint density at radius 3 is 2.62 bits per heavy atom. The van der Waals surface area contributed by atoms with Gasteiger partial charge in [-0.3, -0.25) is 4.79 Å². The van der Waals surface area contributed by atoms with E-state index in [4.69, 9.17) is 10.2 Å². The Labute approximate surface area is 51.7 Å². The molecule has 0 aliphatic rings. The Hall–Kier alpha value is -0.220. The lowest BCUT2D eigenvalue weighted by molar-refractivity contribution is -0.136. The molecule has 0 rings (SSSR count). The Balaban J connectivity index is 2.82. The van der Waals surface area contributed by atoms with Crippen molar-refractivity contribution in [2.45, 2.75) is 6.42 Å². The van der Waals surface area contributed by atoms with E-state index in [9.17, 15) is 4.79 Å². The van der Waals surface area contributed by atoms with Gasteiger partial charge in [-0.1, -0.05) is 0 Å². The quantitative estimate of drug-likeness (QED) is 0.426. The summed E-state index contributed by atoms with van der Waals surface area (Å²) in [6, 6.07) is 0. The molecule has 0 heterocycles. The highest BCUT2D eigenvalue weighted by atomic mass is 32.2. The molecule has 0 saturated heterocycles. The standard InChI is InChI=1S/C4H8O3S/c5-3-8-2-1-4(6)7/h5H,1-3H2,(H,6,7). The molecule has 0 spiro atoms. The molecule has 4 heteroatoms. The molecule has 48 valence electrons. The molecule has 8 heavy (non-hydrogen) atoms. The lowest BCUT2D eigenvalue weighted by Gasteiger charge is -1.89. The second kappa shape index (κ2) is 4.93.